The van der Waals surface area contributed by atoms with Crippen LogP contribution in [-0.2, 0) is 6.54 Å². The van der Waals surface area contributed by atoms with Crippen LogP contribution in [0.25, 0.3) is 0 Å². The van der Waals surface area contributed by atoms with Crippen LogP contribution in [-0.4, -0.2) is 29.9 Å². The van der Waals surface area contributed by atoms with E-state index in [1.807, 2.05) is 6.07 Å². The second-order valence-corrected chi connectivity index (χ2v) is 4.35. The number of carbonyl (C=O) groups is 1. The third kappa shape index (κ3) is 1.91. The highest BCUT2D eigenvalue weighted by Gasteiger charge is 2.35. The molecule has 0 spiro atoms. The van der Waals surface area contributed by atoms with E-state index in [2.05, 4.69) is 5.32 Å². The Bertz CT molecular complexity index is 446. The van der Waals surface area contributed by atoms with E-state index in [4.69, 9.17) is 0 Å². The molecular weight excluding hydrogens is 243 g/mol. The zero-order valence-corrected chi connectivity index (χ0v) is 10.1. The van der Waals surface area contributed by atoms with Gasteiger partial charge in [-0.15, -0.1) is 12.4 Å². The van der Waals surface area contributed by atoms with Crippen molar-refractivity contribution in [3.05, 3.63) is 35.1 Å². The van der Waals surface area contributed by atoms with Gasteiger partial charge < -0.3 is 10.2 Å². The number of carbonyl (C=O) groups excluding carboxylic acids is 1. The molecular formula is C12H14ClFN2O. The monoisotopic (exact) mass is 256 g/mol. The summed E-state index contributed by atoms with van der Waals surface area (Å²) >= 11 is 0. The summed E-state index contributed by atoms with van der Waals surface area (Å²) < 4.78 is 13.5. The lowest BCUT2D eigenvalue weighted by Gasteiger charge is -2.22. The Balaban J connectivity index is 0.00000108. The Morgan fingerprint density at radius 2 is 2.24 bits per heavy atom. The second kappa shape index (κ2) is 4.63. The number of hydrogen-bond donors (Lipinski definition) is 1. The first-order valence-corrected chi connectivity index (χ1v) is 5.56. The molecule has 1 N–H and O–H groups in total. The number of benzene rings is 1. The van der Waals surface area contributed by atoms with Crippen LogP contribution in [0.15, 0.2) is 18.2 Å². The highest BCUT2D eigenvalue weighted by Crippen LogP contribution is 2.28. The maximum absolute atomic E-state index is 13.5. The Kier molecular flexibility index (Phi) is 3.35. The van der Waals surface area contributed by atoms with Crippen molar-refractivity contribution in [3.8, 4) is 0 Å². The standard InChI is InChI=1S/C12H13FN2O.ClH/c13-10-3-1-2-8-7-15(12(16)11(8)10)9-4-5-14-6-9;/h1-3,9,14H,4-7H2;1H. The van der Waals surface area contributed by atoms with Crippen molar-refractivity contribution in [2.75, 3.05) is 13.1 Å². The molecule has 3 nitrogen and oxygen atoms in total. The Morgan fingerprint density at radius 3 is 2.88 bits per heavy atom. The third-order valence-corrected chi connectivity index (χ3v) is 3.39. The molecule has 1 fully saturated rings. The fourth-order valence-electron chi connectivity index (χ4n) is 2.54. The summed E-state index contributed by atoms with van der Waals surface area (Å²) in [6, 6.07) is 5.07. The minimum Gasteiger partial charge on any atom is -0.330 e. The highest BCUT2D eigenvalue weighted by atomic mass is 35.5. The fraction of sp³-hybridized carbons (Fsp3) is 0.417. The third-order valence-electron chi connectivity index (χ3n) is 3.39. The van der Waals surface area contributed by atoms with E-state index in [-0.39, 0.29) is 29.9 Å². The van der Waals surface area contributed by atoms with Crippen LogP contribution in [0.1, 0.15) is 22.3 Å². The zero-order chi connectivity index (χ0) is 11.1. The van der Waals surface area contributed by atoms with Gasteiger partial charge in [0.05, 0.1) is 5.56 Å². The summed E-state index contributed by atoms with van der Waals surface area (Å²) in [7, 11) is 0. The summed E-state index contributed by atoms with van der Waals surface area (Å²) in [5.74, 6) is -0.544. The van der Waals surface area contributed by atoms with Crippen molar-refractivity contribution in [1.82, 2.24) is 10.2 Å². The molecule has 1 aromatic carbocycles. The van der Waals surface area contributed by atoms with E-state index >= 15 is 0 Å². The van der Waals surface area contributed by atoms with E-state index in [9.17, 15) is 9.18 Å². The van der Waals surface area contributed by atoms with Gasteiger partial charge in [-0.3, -0.25) is 4.79 Å². The van der Waals surface area contributed by atoms with Crippen molar-refractivity contribution in [2.24, 2.45) is 0 Å². The molecule has 3 rings (SSSR count). The van der Waals surface area contributed by atoms with Crippen molar-refractivity contribution < 1.29 is 9.18 Å². The van der Waals surface area contributed by atoms with Crippen LogP contribution in [0.3, 0.4) is 0 Å². The van der Waals surface area contributed by atoms with Gasteiger partial charge in [0.2, 0.25) is 0 Å². The number of nitrogens with zero attached hydrogens (tertiary/aromatic N) is 1. The van der Waals surface area contributed by atoms with Gasteiger partial charge in [0, 0.05) is 19.1 Å². The lowest BCUT2D eigenvalue weighted by molar-refractivity contribution is 0.0714. The van der Waals surface area contributed by atoms with Gasteiger partial charge in [-0.1, -0.05) is 12.1 Å². The van der Waals surface area contributed by atoms with Gasteiger partial charge in [0.25, 0.3) is 5.91 Å². The maximum atomic E-state index is 13.5. The lowest BCUT2D eigenvalue weighted by atomic mass is 10.1. The topological polar surface area (TPSA) is 32.3 Å². The molecule has 0 aliphatic carbocycles. The van der Waals surface area contributed by atoms with E-state index < -0.39 is 5.82 Å². The maximum Gasteiger partial charge on any atom is 0.257 e. The number of fused-ring (bicyclic) bond motifs is 1. The molecule has 92 valence electrons. The number of nitrogens with one attached hydrogen (secondary N) is 1. The molecule has 2 heterocycles. The van der Waals surface area contributed by atoms with E-state index in [0.717, 1.165) is 25.1 Å². The van der Waals surface area contributed by atoms with Gasteiger partial charge in [-0.2, -0.15) is 0 Å². The summed E-state index contributed by atoms with van der Waals surface area (Å²) in [6.07, 6.45) is 0.960. The molecule has 1 atom stereocenters. The van der Waals surface area contributed by atoms with Crippen molar-refractivity contribution >= 4 is 18.3 Å². The molecule has 17 heavy (non-hydrogen) atoms. The molecule has 0 aromatic heterocycles. The smallest absolute Gasteiger partial charge is 0.257 e. The van der Waals surface area contributed by atoms with Gasteiger partial charge in [0.1, 0.15) is 5.82 Å². The first kappa shape index (κ1) is 12.3. The van der Waals surface area contributed by atoms with E-state index in [1.54, 1.807) is 11.0 Å². The van der Waals surface area contributed by atoms with E-state index in [0.29, 0.717) is 6.54 Å². The summed E-state index contributed by atoms with van der Waals surface area (Å²) in [6.45, 7) is 2.31. The van der Waals surface area contributed by atoms with Gasteiger partial charge in [-0.05, 0) is 24.6 Å². The molecule has 0 bridgehead atoms. The molecule has 1 saturated heterocycles. The highest BCUT2D eigenvalue weighted by molar-refractivity contribution is 5.98. The van der Waals surface area contributed by atoms with Gasteiger partial charge in [0.15, 0.2) is 0 Å². The SMILES string of the molecule is Cl.O=C1c2c(F)cccc2CN1C1CCNC1. The molecule has 1 unspecified atom stereocenters. The minimum absolute atomic E-state index is 0. The van der Waals surface area contributed by atoms with Crippen molar-refractivity contribution in [1.29, 1.82) is 0 Å². The fourth-order valence-corrected chi connectivity index (χ4v) is 2.54. The predicted octanol–water partition coefficient (Wildman–Crippen LogP) is 1.57. The largest absolute Gasteiger partial charge is 0.330 e. The van der Waals surface area contributed by atoms with Crippen molar-refractivity contribution in [2.45, 2.75) is 19.0 Å². The Morgan fingerprint density at radius 1 is 1.41 bits per heavy atom. The van der Waals surface area contributed by atoms with Gasteiger partial charge >= 0.3 is 0 Å². The number of hydrogen-bond acceptors (Lipinski definition) is 2. The van der Waals surface area contributed by atoms with Crippen LogP contribution in [0, 0.1) is 5.82 Å². The molecule has 2 aliphatic rings. The normalized spacial score (nSPS) is 22.5. The lowest BCUT2D eigenvalue weighted by Crippen LogP contribution is -2.37. The molecule has 2 aliphatic heterocycles. The Hall–Kier alpha value is -1.13. The molecule has 5 heteroatoms. The second-order valence-electron chi connectivity index (χ2n) is 4.35. The molecule has 1 amide bonds. The van der Waals surface area contributed by atoms with Crippen LogP contribution in [0.2, 0.25) is 0 Å². The first-order valence-electron chi connectivity index (χ1n) is 5.56. The quantitative estimate of drug-likeness (QED) is 0.827. The number of amides is 1. The number of rotatable bonds is 1. The van der Waals surface area contributed by atoms with Gasteiger partial charge in [-0.25, -0.2) is 4.39 Å². The molecule has 0 radical (unpaired) electrons. The molecule has 1 aromatic rings. The Labute approximate surface area is 105 Å². The van der Waals surface area contributed by atoms with Crippen molar-refractivity contribution in [3.63, 3.8) is 0 Å². The first-order chi connectivity index (χ1) is 7.77. The molecule has 0 saturated carbocycles. The van der Waals surface area contributed by atoms with Crippen LogP contribution < -0.4 is 5.32 Å². The predicted molar refractivity (Wildman–Crippen MR) is 64.8 cm³/mol. The average Bonchev–Trinajstić information content (AvgIpc) is 2.86. The summed E-state index contributed by atoms with van der Waals surface area (Å²) in [4.78, 5) is 13.8. The van der Waals surface area contributed by atoms with Crippen LogP contribution in [0.4, 0.5) is 4.39 Å². The zero-order valence-electron chi connectivity index (χ0n) is 9.28. The minimum atomic E-state index is -0.393. The van der Waals surface area contributed by atoms with Crippen LogP contribution in [0.5, 0.6) is 0 Å². The average molecular weight is 257 g/mol. The summed E-state index contributed by atoms with van der Waals surface area (Å²) in [5, 5.41) is 3.22. The number of halogens is 2. The van der Waals surface area contributed by atoms with E-state index in [1.165, 1.54) is 6.07 Å². The van der Waals surface area contributed by atoms with Crippen LogP contribution >= 0.6 is 12.4 Å². The summed E-state index contributed by atoms with van der Waals surface area (Å²) in [5.41, 5.74) is 1.09.